The SMILES string of the molecule is C=CCOc1ccc(OC(=O)O)cc1. The van der Waals surface area contributed by atoms with Gasteiger partial charge in [-0.05, 0) is 24.3 Å². The van der Waals surface area contributed by atoms with Crippen LogP contribution in [0.15, 0.2) is 36.9 Å². The summed E-state index contributed by atoms with van der Waals surface area (Å²) >= 11 is 0. The van der Waals surface area contributed by atoms with Crippen molar-refractivity contribution in [2.24, 2.45) is 0 Å². The molecule has 0 heterocycles. The van der Waals surface area contributed by atoms with Crippen LogP contribution >= 0.6 is 0 Å². The van der Waals surface area contributed by atoms with Crippen LogP contribution in [0.4, 0.5) is 4.79 Å². The third-order valence-electron chi connectivity index (χ3n) is 1.40. The lowest BCUT2D eigenvalue weighted by Gasteiger charge is -2.03. The van der Waals surface area contributed by atoms with Crippen LogP contribution in [0.1, 0.15) is 0 Å². The van der Waals surface area contributed by atoms with Gasteiger partial charge in [-0.15, -0.1) is 0 Å². The summed E-state index contributed by atoms with van der Waals surface area (Å²) in [6.45, 7) is 3.92. The van der Waals surface area contributed by atoms with Gasteiger partial charge in [0, 0.05) is 0 Å². The smallest absolute Gasteiger partial charge is 0.490 e. The van der Waals surface area contributed by atoms with Gasteiger partial charge in [-0.3, -0.25) is 0 Å². The van der Waals surface area contributed by atoms with E-state index in [0.717, 1.165) is 0 Å². The molecule has 1 aromatic carbocycles. The van der Waals surface area contributed by atoms with Crippen LogP contribution in [0.5, 0.6) is 11.5 Å². The van der Waals surface area contributed by atoms with Crippen molar-refractivity contribution in [2.45, 2.75) is 0 Å². The third kappa shape index (κ3) is 3.18. The van der Waals surface area contributed by atoms with Gasteiger partial charge < -0.3 is 14.6 Å². The Labute approximate surface area is 81.4 Å². The summed E-state index contributed by atoms with van der Waals surface area (Å²) in [6.07, 6.45) is 0.298. The van der Waals surface area contributed by atoms with E-state index in [4.69, 9.17) is 9.84 Å². The average Bonchev–Trinajstić information content (AvgIpc) is 2.16. The summed E-state index contributed by atoms with van der Waals surface area (Å²) in [7, 11) is 0. The molecule has 0 radical (unpaired) electrons. The molecule has 0 aliphatic carbocycles. The van der Waals surface area contributed by atoms with Crippen LogP contribution in [-0.2, 0) is 0 Å². The average molecular weight is 194 g/mol. The molecule has 14 heavy (non-hydrogen) atoms. The van der Waals surface area contributed by atoms with Crippen molar-refractivity contribution < 1.29 is 19.4 Å². The minimum Gasteiger partial charge on any atom is -0.490 e. The first kappa shape index (κ1) is 10.1. The van der Waals surface area contributed by atoms with E-state index in [9.17, 15) is 4.79 Å². The Bertz CT molecular complexity index is 315. The van der Waals surface area contributed by atoms with Crippen molar-refractivity contribution in [1.29, 1.82) is 0 Å². The van der Waals surface area contributed by atoms with Gasteiger partial charge in [0.25, 0.3) is 0 Å². The molecule has 1 rings (SSSR count). The second-order valence-electron chi connectivity index (χ2n) is 2.44. The van der Waals surface area contributed by atoms with Gasteiger partial charge in [-0.25, -0.2) is 4.79 Å². The van der Waals surface area contributed by atoms with E-state index < -0.39 is 6.16 Å². The molecule has 0 atom stereocenters. The van der Waals surface area contributed by atoms with Crippen LogP contribution in [0.25, 0.3) is 0 Å². The van der Waals surface area contributed by atoms with Crippen molar-refractivity contribution in [3.8, 4) is 11.5 Å². The Morgan fingerprint density at radius 2 is 1.93 bits per heavy atom. The highest BCUT2D eigenvalue weighted by Crippen LogP contribution is 2.17. The zero-order valence-corrected chi connectivity index (χ0v) is 7.47. The van der Waals surface area contributed by atoms with Gasteiger partial charge in [0.2, 0.25) is 0 Å². The molecule has 4 nitrogen and oxygen atoms in total. The van der Waals surface area contributed by atoms with Crippen LogP contribution in [0.3, 0.4) is 0 Å². The number of carboxylic acid groups (broad SMARTS) is 1. The Kier molecular flexibility index (Phi) is 3.55. The number of rotatable bonds is 4. The Balaban J connectivity index is 2.58. The number of hydrogen-bond acceptors (Lipinski definition) is 3. The maximum Gasteiger partial charge on any atom is 0.511 e. The highest BCUT2D eigenvalue weighted by atomic mass is 16.7. The Hall–Kier alpha value is -1.97. The number of carbonyl (C=O) groups is 1. The van der Waals surface area contributed by atoms with E-state index in [1.165, 1.54) is 12.1 Å². The molecule has 1 N–H and O–H groups in total. The van der Waals surface area contributed by atoms with Crippen LogP contribution in [0.2, 0.25) is 0 Å². The van der Waals surface area contributed by atoms with Crippen molar-refractivity contribution in [3.63, 3.8) is 0 Å². The number of benzene rings is 1. The normalized spacial score (nSPS) is 9.14. The molecule has 0 unspecified atom stereocenters. The number of hydrogen-bond donors (Lipinski definition) is 1. The molecule has 0 saturated carbocycles. The fraction of sp³-hybridized carbons (Fsp3) is 0.100. The first-order valence-electron chi connectivity index (χ1n) is 3.97. The van der Waals surface area contributed by atoms with E-state index in [2.05, 4.69) is 11.3 Å². The van der Waals surface area contributed by atoms with Gasteiger partial charge in [0.15, 0.2) is 0 Å². The maximum absolute atomic E-state index is 10.2. The quantitative estimate of drug-likeness (QED) is 0.454. The van der Waals surface area contributed by atoms with Crippen molar-refractivity contribution >= 4 is 6.16 Å². The second-order valence-corrected chi connectivity index (χ2v) is 2.44. The summed E-state index contributed by atoms with van der Waals surface area (Å²) in [5.74, 6) is 0.908. The standard InChI is InChI=1S/C10H10O4/c1-2-7-13-8-3-5-9(6-4-8)14-10(11)12/h2-6H,1,7H2,(H,11,12). The van der Waals surface area contributed by atoms with E-state index >= 15 is 0 Å². The zero-order chi connectivity index (χ0) is 10.4. The van der Waals surface area contributed by atoms with E-state index in [1.807, 2.05) is 0 Å². The highest BCUT2D eigenvalue weighted by Gasteiger charge is 2.00. The molecule has 0 aliphatic heterocycles. The molecule has 0 bridgehead atoms. The third-order valence-corrected chi connectivity index (χ3v) is 1.40. The van der Waals surface area contributed by atoms with Gasteiger partial charge in [-0.1, -0.05) is 12.7 Å². The number of ether oxygens (including phenoxy) is 2. The first-order valence-corrected chi connectivity index (χ1v) is 3.97. The van der Waals surface area contributed by atoms with E-state index in [0.29, 0.717) is 12.4 Å². The zero-order valence-electron chi connectivity index (χ0n) is 7.47. The predicted octanol–water partition coefficient (Wildman–Crippen LogP) is 2.31. The minimum atomic E-state index is -1.33. The molecule has 0 fully saturated rings. The van der Waals surface area contributed by atoms with Crippen LogP contribution < -0.4 is 9.47 Å². The lowest BCUT2D eigenvalue weighted by molar-refractivity contribution is 0.144. The lowest BCUT2D eigenvalue weighted by atomic mass is 10.3. The van der Waals surface area contributed by atoms with Gasteiger partial charge >= 0.3 is 6.16 Å². The monoisotopic (exact) mass is 194 g/mol. The van der Waals surface area contributed by atoms with E-state index in [-0.39, 0.29) is 5.75 Å². The van der Waals surface area contributed by atoms with E-state index in [1.54, 1.807) is 18.2 Å². The van der Waals surface area contributed by atoms with Gasteiger partial charge in [0.05, 0.1) is 0 Å². The molecular formula is C10H10O4. The van der Waals surface area contributed by atoms with Crippen LogP contribution in [-0.4, -0.2) is 17.9 Å². The van der Waals surface area contributed by atoms with Crippen molar-refractivity contribution in [2.75, 3.05) is 6.61 Å². The summed E-state index contributed by atoms with van der Waals surface area (Å²) in [4.78, 5) is 10.2. The molecule has 0 saturated heterocycles. The molecule has 4 heteroatoms. The summed E-state index contributed by atoms with van der Waals surface area (Å²) in [5, 5.41) is 8.31. The molecule has 0 aromatic heterocycles. The second kappa shape index (κ2) is 4.91. The fourth-order valence-corrected chi connectivity index (χ4v) is 0.860. The highest BCUT2D eigenvalue weighted by molar-refractivity contribution is 5.61. The Morgan fingerprint density at radius 1 is 1.36 bits per heavy atom. The summed E-state index contributed by atoms with van der Waals surface area (Å²) in [5.41, 5.74) is 0. The molecular weight excluding hydrogens is 184 g/mol. The topological polar surface area (TPSA) is 55.8 Å². The molecule has 1 aromatic rings. The largest absolute Gasteiger partial charge is 0.511 e. The van der Waals surface area contributed by atoms with Crippen molar-refractivity contribution in [1.82, 2.24) is 0 Å². The molecule has 74 valence electrons. The molecule has 0 spiro atoms. The maximum atomic E-state index is 10.2. The summed E-state index contributed by atoms with van der Waals surface area (Å²) < 4.78 is 9.61. The van der Waals surface area contributed by atoms with Crippen LogP contribution in [0, 0.1) is 0 Å². The predicted molar refractivity (Wildman–Crippen MR) is 50.8 cm³/mol. The Morgan fingerprint density at radius 3 is 2.43 bits per heavy atom. The van der Waals surface area contributed by atoms with Gasteiger partial charge in [-0.2, -0.15) is 0 Å². The van der Waals surface area contributed by atoms with Crippen molar-refractivity contribution in [3.05, 3.63) is 36.9 Å². The summed E-state index contributed by atoms with van der Waals surface area (Å²) in [6, 6.07) is 6.29. The fourth-order valence-electron chi connectivity index (χ4n) is 0.860. The first-order chi connectivity index (χ1) is 6.72. The minimum absolute atomic E-state index is 0.267. The molecule has 0 aliphatic rings. The lowest BCUT2D eigenvalue weighted by Crippen LogP contribution is -2.02. The van der Waals surface area contributed by atoms with Gasteiger partial charge in [0.1, 0.15) is 18.1 Å². The molecule has 0 amide bonds.